The normalized spacial score (nSPS) is 10.7. The predicted octanol–water partition coefficient (Wildman–Crippen LogP) is 9.34. The minimum atomic E-state index is -1.11. The van der Waals surface area contributed by atoms with Crippen LogP contribution in [0.2, 0.25) is 0 Å². The van der Waals surface area contributed by atoms with E-state index in [4.69, 9.17) is 9.47 Å². The maximum Gasteiger partial charge on any atom is 0.519 e. The summed E-state index contributed by atoms with van der Waals surface area (Å²) in [5.41, 5.74) is 5.85. The molecule has 0 aliphatic heterocycles. The van der Waals surface area contributed by atoms with Gasteiger partial charge < -0.3 is 19.7 Å². The van der Waals surface area contributed by atoms with Crippen LogP contribution in [0.5, 0.6) is 23.0 Å². The van der Waals surface area contributed by atoms with E-state index in [1.165, 1.54) is 12.1 Å². The van der Waals surface area contributed by atoms with E-state index in [2.05, 4.69) is 0 Å². The van der Waals surface area contributed by atoms with Gasteiger partial charge in [0.25, 0.3) is 0 Å². The van der Waals surface area contributed by atoms with Gasteiger partial charge in [-0.2, -0.15) is 0 Å². The highest BCUT2D eigenvalue weighted by atomic mass is 16.7. The van der Waals surface area contributed by atoms with Gasteiger partial charge in [-0.1, -0.05) is 121 Å². The average molecular weight is 551 g/mol. The van der Waals surface area contributed by atoms with E-state index in [0.29, 0.717) is 11.1 Å². The molecule has 6 rings (SSSR count). The molecule has 6 aromatic carbocycles. The number of aromatic hydroxyl groups is 2. The Kier molecular flexibility index (Phi) is 7.38. The van der Waals surface area contributed by atoms with E-state index in [1.807, 2.05) is 121 Å². The lowest BCUT2D eigenvalue weighted by molar-refractivity contribution is 0.149. The lowest BCUT2D eigenvalue weighted by Gasteiger charge is -2.19. The third-order valence-electron chi connectivity index (χ3n) is 6.94. The fraction of sp³-hybridized carbons (Fsp3) is 0. The number of carbonyl (C=O) groups is 1. The van der Waals surface area contributed by atoms with Gasteiger partial charge in [0.2, 0.25) is 0 Å². The monoisotopic (exact) mass is 550 g/mol. The zero-order valence-electron chi connectivity index (χ0n) is 22.5. The van der Waals surface area contributed by atoms with Gasteiger partial charge in [0.1, 0.15) is 0 Å². The molecular formula is C37H26O5. The summed E-state index contributed by atoms with van der Waals surface area (Å²) in [4.78, 5) is 13.5. The third-order valence-corrected chi connectivity index (χ3v) is 6.94. The highest BCUT2D eigenvalue weighted by Crippen LogP contribution is 2.47. The molecule has 42 heavy (non-hydrogen) atoms. The Hall–Kier alpha value is -5.81. The summed E-state index contributed by atoms with van der Waals surface area (Å²) >= 11 is 0. The van der Waals surface area contributed by atoms with Crippen molar-refractivity contribution < 1.29 is 24.5 Å². The van der Waals surface area contributed by atoms with Gasteiger partial charge in [0.15, 0.2) is 23.0 Å². The number of benzene rings is 6. The third kappa shape index (κ3) is 5.31. The number of carbonyl (C=O) groups excluding carboxylic acids is 1. The molecule has 0 radical (unpaired) electrons. The topological polar surface area (TPSA) is 76.0 Å². The molecule has 0 unspecified atom stereocenters. The molecule has 0 fully saturated rings. The van der Waals surface area contributed by atoms with Crippen molar-refractivity contribution >= 4 is 6.16 Å². The van der Waals surface area contributed by atoms with Crippen LogP contribution in [0, 0.1) is 0 Å². The Morgan fingerprint density at radius 1 is 0.405 bits per heavy atom. The fourth-order valence-corrected chi connectivity index (χ4v) is 5.04. The van der Waals surface area contributed by atoms with Crippen molar-refractivity contribution in [3.8, 4) is 67.5 Å². The molecule has 0 spiro atoms. The summed E-state index contributed by atoms with van der Waals surface area (Å²) in [5.74, 6) is -0.549. The second-order valence-corrected chi connectivity index (χ2v) is 9.59. The van der Waals surface area contributed by atoms with Crippen molar-refractivity contribution in [2.75, 3.05) is 0 Å². The number of hydrogen-bond acceptors (Lipinski definition) is 5. The Balaban J connectivity index is 1.45. The van der Waals surface area contributed by atoms with E-state index in [1.54, 1.807) is 12.1 Å². The van der Waals surface area contributed by atoms with Crippen LogP contribution in [0.15, 0.2) is 146 Å². The summed E-state index contributed by atoms with van der Waals surface area (Å²) in [7, 11) is 0. The Morgan fingerprint density at radius 2 is 0.714 bits per heavy atom. The van der Waals surface area contributed by atoms with Crippen molar-refractivity contribution in [1.82, 2.24) is 0 Å². The molecule has 0 aliphatic rings. The quantitative estimate of drug-likeness (QED) is 0.160. The molecule has 5 nitrogen and oxygen atoms in total. The second-order valence-electron chi connectivity index (χ2n) is 9.59. The predicted molar refractivity (Wildman–Crippen MR) is 165 cm³/mol. The highest BCUT2D eigenvalue weighted by molar-refractivity contribution is 5.93. The standard InChI is InChI=1S/C37H26O5/c38-31-23-21-29(25-13-5-1-6-14-25)33(27-17-9-3-10-18-27)35(31)41-37(40)42-36-32(39)24-22-30(26-15-7-2-8-16-26)34(36)28-19-11-4-12-20-28/h1-24,38-39H. The number of ether oxygens (including phenoxy) is 2. The van der Waals surface area contributed by atoms with Crippen LogP contribution < -0.4 is 9.47 Å². The lowest BCUT2D eigenvalue weighted by atomic mass is 9.93. The fourth-order valence-electron chi connectivity index (χ4n) is 5.04. The van der Waals surface area contributed by atoms with E-state index in [9.17, 15) is 15.0 Å². The first kappa shape index (κ1) is 26.4. The average Bonchev–Trinajstić information content (AvgIpc) is 3.04. The molecule has 0 atom stereocenters. The Labute approximate surface area is 243 Å². The Morgan fingerprint density at radius 3 is 1.05 bits per heavy atom. The molecular weight excluding hydrogens is 524 g/mol. The van der Waals surface area contributed by atoms with Gasteiger partial charge in [-0.25, -0.2) is 4.79 Å². The van der Waals surface area contributed by atoms with Crippen LogP contribution in [0.25, 0.3) is 44.5 Å². The van der Waals surface area contributed by atoms with Crippen LogP contribution in [-0.4, -0.2) is 16.4 Å². The smallest absolute Gasteiger partial charge is 0.504 e. The van der Waals surface area contributed by atoms with Crippen LogP contribution in [0.4, 0.5) is 4.79 Å². The van der Waals surface area contributed by atoms with Crippen molar-refractivity contribution in [2.45, 2.75) is 0 Å². The van der Waals surface area contributed by atoms with Crippen molar-refractivity contribution in [3.05, 3.63) is 146 Å². The lowest BCUT2D eigenvalue weighted by Crippen LogP contribution is -2.15. The van der Waals surface area contributed by atoms with Gasteiger partial charge in [-0.05, 0) is 57.6 Å². The van der Waals surface area contributed by atoms with Crippen LogP contribution >= 0.6 is 0 Å². The van der Waals surface area contributed by atoms with Crippen LogP contribution in [0.1, 0.15) is 0 Å². The minimum absolute atomic E-state index is 0.0486. The summed E-state index contributed by atoms with van der Waals surface area (Å²) in [6, 6.07) is 44.6. The second kappa shape index (κ2) is 11.7. The largest absolute Gasteiger partial charge is 0.519 e. The maximum absolute atomic E-state index is 13.5. The van der Waals surface area contributed by atoms with Crippen molar-refractivity contribution in [2.24, 2.45) is 0 Å². The molecule has 0 heterocycles. The first-order valence-corrected chi connectivity index (χ1v) is 13.4. The molecule has 0 aromatic heterocycles. The van der Waals surface area contributed by atoms with E-state index < -0.39 is 6.16 Å². The molecule has 0 aliphatic carbocycles. The molecule has 0 saturated heterocycles. The maximum atomic E-state index is 13.5. The first-order chi connectivity index (χ1) is 20.6. The molecule has 0 bridgehead atoms. The molecule has 2 N–H and O–H groups in total. The number of hydrogen-bond donors (Lipinski definition) is 2. The van der Waals surface area contributed by atoms with E-state index in [0.717, 1.165) is 33.4 Å². The van der Waals surface area contributed by atoms with Crippen molar-refractivity contribution in [3.63, 3.8) is 0 Å². The molecule has 0 saturated carbocycles. The highest BCUT2D eigenvalue weighted by Gasteiger charge is 2.25. The van der Waals surface area contributed by atoms with Crippen molar-refractivity contribution in [1.29, 1.82) is 0 Å². The zero-order valence-corrected chi connectivity index (χ0v) is 22.5. The number of phenolic OH excluding ortho intramolecular Hbond substituents is 2. The summed E-state index contributed by atoms with van der Waals surface area (Å²) in [6.07, 6.45) is -1.11. The van der Waals surface area contributed by atoms with Gasteiger partial charge >= 0.3 is 6.16 Å². The first-order valence-electron chi connectivity index (χ1n) is 13.4. The SMILES string of the molecule is O=C(Oc1c(O)ccc(-c2ccccc2)c1-c1ccccc1)Oc1c(O)ccc(-c2ccccc2)c1-c1ccccc1. The van der Waals surface area contributed by atoms with Crippen LogP contribution in [-0.2, 0) is 0 Å². The van der Waals surface area contributed by atoms with E-state index >= 15 is 0 Å². The zero-order chi connectivity index (χ0) is 28.9. The molecule has 0 amide bonds. The summed E-state index contributed by atoms with van der Waals surface area (Å²) in [6.45, 7) is 0. The molecule has 5 heteroatoms. The van der Waals surface area contributed by atoms with Gasteiger partial charge in [-0.3, -0.25) is 0 Å². The van der Waals surface area contributed by atoms with E-state index in [-0.39, 0.29) is 23.0 Å². The van der Waals surface area contributed by atoms with Gasteiger partial charge in [-0.15, -0.1) is 0 Å². The molecule has 204 valence electrons. The summed E-state index contributed by atoms with van der Waals surface area (Å²) < 4.78 is 11.5. The van der Waals surface area contributed by atoms with Crippen LogP contribution in [0.3, 0.4) is 0 Å². The van der Waals surface area contributed by atoms with Gasteiger partial charge in [0, 0.05) is 11.1 Å². The number of rotatable bonds is 6. The van der Waals surface area contributed by atoms with Gasteiger partial charge in [0.05, 0.1) is 0 Å². The summed E-state index contributed by atoms with van der Waals surface area (Å²) in [5, 5.41) is 21.9. The Bertz CT molecular complexity index is 1700. The molecule has 6 aromatic rings. The minimum Gasteiger partial charge on any atom is -0.504 e. The number of phenols is 2.